The molecule has 0 aliphatic rings. The van der Waals surface area contributed by atoms with Crippen molar-refractivity contribution >= 4 is 5.96 Å². The number of hydrogen-bond donors (Lipinski definition) is 3. The average molecular weight is 238 g/mol. The Morgan fingerprint density at radius 3 is 2.82 bits per heavy atom. The number of guanidine groups is 1. The summed E-state index contributed by atoms with van der Waals surface area (Å²) in [4.78, 5) is 4.31. The molecular weight excluding hydrogens is 216 g/mol. The number of hydrogen-bond acceptors (Lipinski definition) is 3. The first-order valence-corrected chi connectivity index (χ1v) is 5.93. The van der Waals surface area contributed by atoms with Crippen molar-refractivity contribution in [2.45, 2.75) is 33.7 Å². The van der Waals surface area contributed by atoms with E-state index in [1.165, 1.54) is 5.69 Å². The highest BCUT2D eigenvalue weighted by molar-refractivity contribution is 5.78. The molecule has 0 fully saturated rings. The van der Waals surface area contributed by atoms with E-state index in [4.69, 9.17) is 5.84 Å². The van der Waals surface area contributed by atoms with Gasteiger partial charge in [0, 0.05) is 25.3 Å². The number of nitrogens with two attached hydrogens (primary N) is 1. The van der Waals surface area contributed by atoms with Gasteiger partial charge in [-0.3, -0.25) is 15.1 Å². The van der Waals surface area contributed by atoms with Crippen molar-refractivity contribution in [1.82, 2.24) is 20.5 Å². The van der Waals surface area contributed by atoms with Gasteiger partial charge in [-0.15, -0.1) is 0 Å². The summed E-state index contributed by atoms with van der Waals surface area (Å²) in [5, 5.41) is 7.43. The van der Waals surface area contributed by atoms with Gasteiger partial charge < -0.3 is 5.32 Å². The van der Waals surface area contributed by atoms with Crippen LogP contribution in [0.4, 0.5) is 0 Å². The molecule has 6 nitrogen and oxygen atoms in total. The first-order chi connectivity index (χ1) is 8.17. The Balaban J connectivity index is 2.35. The molecule has 0 amide bonds. The van der Waals surface area contributed by atoms with Gasteiger partial charge in [-0.2, -0.15) is 5.10 Å². The van der Waals surface area contributed by atoms with Crippen LogP contribution in [-0.2, 0) is 6.54 Å². The number of nitrogens with zero attached hydrogens (tertiary/aromatic N) is 3. The molecule has 6 heteroatoms. The maximum Gasteiger partial charge on any atom is 0.205 e. The summed E-state index contributed by atoms with van der Waals surface area (Å²) in [5.74, 6) is 5.96. The van der Waals surface area contributed by atoms with Crippen LogP contribution in [-0.4, -0.2) is 28.8 Å². The minimum Gasteiger partial charge on any atom is -0.356 e. The molecule has 0 spiro atoms. The number of aliphatic imine (C=N–C) groups is 1. The molecule has 0 saturated heterocycles. The largest absolute Gasteiger partial charge is 0.356 e. The fraction of sp³-hybridized carbons (Fsp3) is 0.636. The van der Waals surface area contributed by atoms with E-state index >= 15 is 0 Å². The Labute approximate surface area is 102 Å². The van der Waals surface area contributed by atoms with Gasteiger partial charge in [0.25, 0.3) is 0 Å². The molecule has 0 radical (unpaired) electrons. The first kappa shape index (κ1) is 13.5. The van der Waals surface area contributed by atoms with Crippen molar-refractivity contribution in [3.05, 3.63) is 17.5 Å². The van der Waals surface area contributed by atoms with Gasteiger partial charge in [-0.05, 0) is 33.3 Å². The molecule has 96 valence electrons. The Morgan fingerprint density at radius 1 is 1.53 bits per heavy atom. The number of nitrogens with one attached hydrogen (secondary N) is 2. The summed E-state index contributed by atoms with van der Waals surface area (Å²) in [6.45, 7) is 8.49. The van der Waals surface area contributed by atoms with Gasteiger partial charge in [0.1, 0.15) is 0 Å². The summed E-state index contributed by atoms with van der Waals surface area (Å²) in [6.07, 6.45) is 0.943. The molecule has 17 heavy (non-hydrogen) atoms. The monoisotopic (exact) mass is 238 g/mol. The number of aromatic nitrogens is 2. The highest BCUT2D eigenvalue weighted by atomic mass is 15.3. The smallest absolute Gasteiger partial charge is 0.205 e. The maximum atomic E-state index is 5.32. The average Bonchev–Trinajstić information content (AvgIpc) is 2.62. The summed E-state index contributed by atoms with van der Waals surface area (Å²) >= 11 is 0. The quantitative estimate of drug-likeness (QED) is 0.227. The van der Waals surface area contributed by atoms with Crippen LogP contribution in [0.25, 0.3) is 0 Å². The van der Waals surface area contributed by atoms with Crippen molar-refractivity contribution in [3.8, 4) is 0 Å². The summed E-state index contributed by atoms with van der Waals surface area (Å²) in [7, 11) is 0. The fourth-order valence-corrected chi connectivity index (χ4v) is 1.63. The molecule has 1 aromatic heterocycles. The molecule has 1 heterocycles. The fourth-order valence-electron chi connectivity index (χ4n) is 1.63. The van der Waals surface area contributed by atoms with Crippen LogP contribution in [0.3, 0.4) is 0 Å². The zero-order chi connectivity index (χ0) is 12.7. The molecule has 0 atom stereocenters. The second kappa shape index (κ2) is 6.90. The minimum absolute atomic E-state index is 0.640. The molecule has 0 aliphatic heterocycles. The van der Waals surface area contributed by atoms with E-state index in [1.54, 1.807) is 0 Å². The van der Waals surface area contributed by atoms with Gasteiger partial charge >= 0.3 is 0 Å². The molecule has 0 aromatic carbocycles. The lowest BCUT2D eigenvalue weighted by atomic mass is 10.4. The van der Waals surface area contributed by atoms with Gasteiger partial charge in [-0.1, -0.05) is 0 Å². The summed E-state index contributed by atoms with van der Waals surface area (Å²) < 4.78 is 2.01. The van der Waals surface area contributed by atoms with Crippen molar-refractivity contribution in [3.63, 3.8) is 0 Å². The minimum atomic E-state index is 0.640. The molecule has 0 bridgehead atoms. The summed E-state index contributed by atoms with van der Waals surface area (Å²) in [6, 6.07) is 2.08. The third-order valence-electron chi connectivity index (χ3n) is 2.38. The van der Waals surface area contributed by atoms with Crippen LogP contribution < -0.4 is 16.6 Å². The van der Waals surface area contributed by atoms with Crippen LogP contribution in [0.5, 0.6) is 0 Å². The maximum absolute atomic E-state index is 5.32. The first-order valence-electron chi connectivity index (χ1n) is 5.93. The highest BCUT2D eigenvalue weighted by Crippen LogP contribution is 2.02. The second-order valence-corrected chi connectivity index (χ2v) is 3.91. The standard InChI is InChI=1S/C11H22N6/c1-4-13-11(15-12)14-6-5-7-17-10(3)8-9(2)16-17/h8H,4-7,12H2,1-3H3,(H2,13,14,15). The Kier molecular flexibility index (Phi) is 5.48. The predicted octanol–water partition coefficient (Wildman–Crippen LogP) is 0.319. The Morgan fingerprint density at radius 2 is 2.29 bits per heavy atom. The van der Waals surface area contributed by atoms with Crippen LogP contribution >= 0.6 is 0 Å². The van der Waals surface area contributed by atoms with Crippen molar-refractivity contribution in [2.24, 2.45) is 10.8 Å². The Hall–Kier alpha value is -1.56. The predicted molar refractivity (Wildman–Crippen MR) is 69.6 cm³/mol. The third-order valence-corrected chi connectivity index (χ3v) is 2.38. The lowest BCUT2D eigenvalue weighted by molar-refractivity contribution is 0.567. The lowest BCUT2D eigenvalue weighted by Crippen LogP contribution is -2.41. The second-order valence-electron chi connectivity index (χ2n) is 3.91. The van der Waals surface area contributed by atoms with Gasteiger partial charge in [0.15, 0.2) is 0 Å². The van der Waals surface area contributed by atoms with E-state index in [0.717, 1.165) is 31.7 Å². The van der Waals surface area contributed by atoms with Crippen LogP contribution in [0.2, 0.25) is 0 Å². The number of aryl methyl sites for hydroxylation is 3. The van der Waals surface area contributed by atoms with E-state index in [9.17, 15) is 0 Å². The lowest BCUT2D eigenvalue weighted by Gasteiger charge is -2.06. The van der Waals surface area contributed by atoms with Crippen molar-refractivity contribution in [1.29, 1.82) is 0 Å². The van der Waals surface area contributed by atoms with Gasteiger partial charge in [-0.25, -0.2) is 5.84 Å². The summed E-state index contributed by atoms with van der Waals surface area (Å²) in [5.41, 5.74) is 4.78. The molecule has 0 unspecified atom stereocenters. The van der Waals surface area contributed by atoms with Crippen LogP contribution in [0, 0.1) is 13.8 Å². The normalized spacial score (nSPS) is 11.6. The molecular formula is C11H22N6. The Bertz CT molecular complexity index is 368. The SMILES string of the molecule is CCNC(=NCCCn1nc(C)cc1C)NN. The number of hydrazine groups is 1. The zero-order valence-electron chi connectivity index (χ0n) is 10.8. The molecule has 0 saturated carbocycles. The third kappa shape index (κ3) is 4.44. The molecule has 1 aromatic rings. The molecule has 1 rings (SSSR count). The van der Waals surface area contributed by atoms with Crippen LogP contribution in [0.15, 0.2) is 11.1 Å². The highest BCUT2D eigenvalue weighted by Gasteiger charge is 1.99. The van der Waals surface area contributed by atoms with Crippen molar-refractivity contribution < 1.29 is 0 Å². The molecule has 0 aliphatic carbocycles. The zero-order valence-corrected chi connectivity index (χ0v) is 10.8. The van der Waals surface area contributed by atoms with E-state index in [-0.39, 0.29) is 0 Å². The van der Waals surface area contributed by atoms with E-state index < -0.39 is 0 Å². The van der Waals surface area contributed by atoms with Gasteiger partial charge in [0.2, 0.25) is 5.96 Å². The van der Waals surface area contributed by atoms with Gasteiger partial charge in [0.05, 0.1) is 5.69 Å². The van der Waals surface area contributed by atoms with E-state index in [0.29, 0.717) is 5.96 Å². The topological polar surface area (TPSA) is 80.3 Å². The van der Waals surface area contributed by atoms with Crippen molar-refractivity contribution in [2.75, 3.05) is 13.1 Å². The van der Waals surface area contributed by atoms with Crippen LogP contribution in [0.1, 0.15) is 24.7 Å². The van der Waals surface area contributed by atoms with E-state index in [2.05, 4.69) is 33.8 Å². The number of rotatable bonds is 5. The van der Waals surface area contributed by atoms with E-state index in [1.807, 2.05) is 18.5 Å². The molecule has 4 N–H and O–H groups in total.